The van der Waals surface area contributed by atoms with Crippen molar-refractivity contribution in [1.82, 2.24) is 0 Å². The number of halogens is 1. The minimum atomic E-state index is -0.201. The molecule has 0 atom stereocenters. The highest BCUT2D eigenvalue weighted by atomic mass is 19.1. The zero-order chi connectivity index (χ0) is 11.5. The monoisotopic (exact) mass is 215 g/mol. The molecule has 2 aromatic rings. The van der Waals surface area contributed by atoms with Gasteiger partial charge in [0.1, 0.15) is 5.82 Å². The average Bonchev–Trinajstić information content (AvgIpc) is 2.28. The third kappa shape index (κ3) is 2.22. The zero-order valence-corrected chi connectivity index (χ0v) is 9.20. The lowest BCUT2D eigenvalue weighted by atomic mass is 9.99. The maximum absolute atomic E-state index is 12.7. The van der Waals surface area contributed by atoms with E-state index in [-0.39, 0.29) is 5.82 Å². The summed E-state index contributed by atoms with van der Waals surface area (Å²) < 4.78 is 12.7. The fourth-order valence-electron chi connectivity index (χ4n) is 1.72. The Hall–Kier alpha value is -1.83. The first-order chi connectivity index (χ1) is 7.66. The van der Waals surface area contributed by atoms with Gasteiger partial charge in [-0.3, -0.25) is 0 Å². The number of anilines is 1. The van der Waals surface area contributed by atoms with E-state index in [1.165, 1.54) is 17.7 Å². The third-order valence-electron chi connectivity index (χ3n) is 2.80. The van der Waals surface area contributed by atoms with Crippen molar-refractivity contribution in [2.75, 3.05) is 5.73 Å². The predicted molar refractivity (Wildman–Crippen MR) is 64.8 cm³/mol. The minimum Gasteiger partial charge on any atom is -0.399 e. The molecule has 82 valence electrons. The van der Waals surface area contributed by atoms with Crippen LogP contribution in [0.2, 0.25) is 0 Å². The molecule has 16 heavy (non-hydrogen) atoms. The second-order valence-corrected chi connectivity index (χ2v) is 3.93. The lowest BCUT2D eigenvalue weighted by Crippen LogP contribution is -1.96. The number of hydrogen-bond acceptors (Lipinski definition) is 1. The first-order valence-electron chi connectivity index (χ1n) is 5.25. The summed E-state index contributed by atoms with van der Waals surface area (Å²) >= 11 is 0. The molecule has 0 radical (unpaired) electrons. The number of benzene rings is 2. The van der Waals surface area contributed by atoms with E-state index in [1.54, 1.807) is 12.1 Å². The van der Waals surface area contributed by atoms with E-state index >= 15 is 0 Å². The molecule has 0 fully saturated rings. The van der Waals surface area contributed by atoms with Gasteiger partial charge in [-0.05, 0) is 48.2 Å². The fourth-order valence-corrected chi connectivity index (χ4v) is 1.72. The molecule has 1 nitrogen and oxygen atoms in total. The van der Waals surface area contributed by atoms with Gasteiger partial charge in [0.15, 0.2) is 0 Å². The molecule has 2 heteroatoms. The quantitative estimate of drug-likeness (QED) is 0.764. The van der Waals surface area contributed by atoms with Crippen LogP contribution in [0, 0.1) is 12.7 Å². The topological polar surface area (TPSA) is 26.0 Å². The van der Waals surface area contributed by atoms with Crippen LogP contribution >= 0.6 is 0 Å². The van der Waals surface area contributed by atoms with Gasteiger partial charge in [-0.25, -0.2) is 4.39 Å². The molecular formula is C14H14FN. The first kappa shape index (κ1) is 10.7. The molecule has 0 amide bonds. The standard InChI is InChI=1S/C14H14FN/c1-10-12(3-2-4-14(10)16)9-11-5-7-13(15)8-6-11/h2-8H,9,16H2,1H3. The summed E-state index contributed by atoms with van der Waals surface area (Å²) in [5.41, 5.74) is 10.0. The Morgan fingerprint density at radius 1 is 1.06 bits per heavy atom. The van der Waals surface area contributed by atoms with Crippen molar-refractivity contribution in [1.29, 1.82) is 0 Å². The Kier molecular flexibility index (Phi) is 2.91. The molecule has 0 heterocycles. The van der Waals surface area contributed by atoms with Crippen LogP contribution in [-0.2, 0) is 6.42 Å². The second-order valence-electron chi connectivity index (χ2n) is 3.93. The van der Waals surface area contributed by atoms with E-state index in [2.05, 4.69) is 6.07 Å². The van der Waals surface area contributed by atoms with Crippen molar-refractivity contribution >= 4 is 5.69 Å². The van der Waals surface area contributed by atoms with E-state index in [9.17, 15) is 4.39 Å². The maximum Gasteiger partial charge on any atom is 0.123 e. The van der Waals surface area contributed by atoms with Gasteiger partial charge in [-0.1, -0.05) is 24.3 Å². The van der Waals surface area contributed by atoms with Gasteiger partial charge >= 0.3 is 0 Å². The smallest absolute Gasteiger partial charge is 0.123 e. The summed E-state index contributed by atoms with van der Waals surface area (Å²) in [7, 11) is 0. The number of nitrogen functional groups attached to an aromatic ring is 1. The van der Waals surface area contributed by atoms with Crippen molar-refractivity contribution in [3.63, 3.8) is 0 Å². The Bertz CT molecular complexity index is 489. The van der Waals surface area contributed by atoms with Crippen molar-refractivity contribution in [3.8, 4) is 0 Å². The normalized spacial score (nSPS) is 10.4. The van der Waals surface area contributed by atoms with Crippen LogP contribution in [0.15, 0.2) is 42.5 Å². The molecule has 0 saturated heterocycles. The molecule has 0 aliphatic carbocycles. The van der Waals surface area contributed by atoms with E-state index < -0.39 is 0 Å². The van der Waals surface area contributed by atoms with Crippen LogP contribution in [0.5, 0.6) is 0 Å². The Morgan fingerprint density at radius 3 is 2.44 bits per heavy atom. The molecule has 2 N–H and O–H groups in total. The summed E-state index contributed by atoms with van der Waals surface area (Å²) in [6.07, 6.45) is 0.789. The molecular weight excluding hydrogens is 201 g/mol. The minimum absolute atomic E-state index is 0.201. The van der Waals surface area contributed by atoms with Gasteiger partial charge in [0.2, 0.25) is 0 Å². The molecule has 2 rings (SSSR count). The number of hydrogen-bond donors (Lipinski definition) is 1. The van der Waals surface area contributed by atoms with E-state index in [1.807, 2.05) is 19.1 Å². The largest absolute Gasteiger partial charge is 0.399 e. The van der Waals surface area contributed by atoms with E-state index in [0.29, 0.717) is 0 Å². The Morgan fingerprint density at radius 2 is 1.75 bits per heavy atom. The van der Waals surface area contributed by atoms with Crippen molar-refractivity contribution in [2.45, 2.75) is 13.3 Å². The summed E-state index contributed by atoms with van der Waals surface area (Å²) in [6.45, 7) is 2.01. The molecule has 0 aliphatic heterocycles. The maximum atomic E-state index is 12.7. The SMILES string of the molecule is Cc1c(N)cccc1Cc1ccc(F)cc1. The highest BCUT2D eigenvalue weighted by Crippen LogP contribution is 2.19. The van der Waals surface area contributed by atoms with Gasteiger partial charge in [0.05, 0.1) is 0 Å². The highest BCUT2D eigenvalue weighted by Gasteiger charge is 2.02. The number of nitrogens with two attached hydrogens (primary N) is 1. The third-order valence-corrected chi connectivity index (χ3v) is 2.80. The lowest BCUT2D eigenvalue weighted by molar-refractivity contribution is 0.627. The second kappa shape index (κ2) is 4.35. The molecule has 0 unspecified atom stereocenters. The van der Waals surface area contributed by atoms with Crippen LogP contribution in [0.3, 0.4) is 0 Å². The van der Waals surface area contributed by atoms with E-state index in [0.717, 1.165) is 23.2 Å². The van der Waals surface area contributed by atoms with E-state index in [4.69, 9.17) is 5.73 Å². The predicted octanol–water partition coefficient (Wildman–Crippen LogP) is 3.31. The van der Waals surface area contributed by atoms with Crippen LogP contribution in [-0.4, -0.2) is 0 Å². The first-order valence-corrected chi connectivity index (χ1v) is 5.25. The Balaban J connectivity index is 2.27. The summed E-state index contributed by atoms with van der Waals surface area (Å²) in [5, 5.41) is 0. The molecule has 0 aromatic heterocycles. The van der Waals surface area contributed by atoms with Crippen LogP contribution in [0.1, 0.15) is 16.7 Å². The summed E-state index contributed by atoms with van der Waals surface area (Å²) in [5.74, 6) is -0.201. The molecule has 0 bridgehead atoms. The van der Waals surface area contributed by atoms with Crippen LogP contribution < -0.4 is 5.73 Å². The molecule has 0 aliphatic rings. The molecule has 2 aromatic carbocycles. The molecule has 0 spiro atoms. The zero-order valence-electron chi connectivity index (χ0n) is 9.20. The van der Waals surface area contributed by atoms with Crippen molar-refractivity contribution in [3.05, 3.63) is 65.0 Å². The van der Waals surface area contributed by atoms with Crippen LogP contribution in [0.4, 0.5) is 10.1 Å². The Labute approximate surface area is 94.7 Å². The number of rotatable bonds is 2. The highest BCUT2D eigenvalue weighted by molar-refractivity contribution is 5.51. The van der Waals surface area contributed by atoms with Gasteiger partial charge < -0.3 is 5.73 Å². The van der Waals surface area contributed by atoms with Gasteiger partial charge in [-0.2, -0.15) is 0 Å². The fraction of sp³-hybridized carbons (Fsp3) is 0.143. The summed E-state index contributed by atoms with van der Waals surface area (Å²) in [6, 6.07) is 12.5. The van der Waals surface area contributed by atoms with Gasteiger partial charge in [-0.15, -0.1) is 0 Å². The van der Waals surface area contributed by atoms with Crippen molar-refractivity contribution in [2.24, 2.45) is 0 Å². The van der Waals surface area contributed by atoms with Crippen molar-refractivity contribution < 1.29 is 4.39 Å². The van der Waals surface area contributed by atoms with Crippen LogP contribution in [0.25, 0.3) is 0 Å². The molecule has 0 saturated carbocycles. The average molecular weight is 215 g/mol. The van der Waals surface area contributed by atoms with Gasteiger partial charge in [0.25, 0.3) is 0 Å². The van der Waals surface area contributed by atoms with Gasteiger partial charge in [0, 0.05) is 5.69 Å². The summed E-state index contributed by atoms with van der Waals surface area (Å²) in [4.78, 5) is 0. The lowest BCUT2D eigenvalue weighted by Gasteiger charge is -2.08.